The van der Waals surface area contributed by atoms with E-state index in [1.54, 1.807) is 12.1 Å². The van der Waals surface area contributed by atoms with Crippen LogP contribution in [-0.2, 0) is 0 Å². The molecule has 0 atom stereocenters. The number of hydrogen-bond acceptors (Lipinski definition) is 4. The number of hydrogen-bond donors (Lipinski definition) is 2. The first kappa shape index (κ1) is 14.8. The third kappa shape index (κ3) is 2.86. The number of thioether (sulfide) groups is 1. The molecular formula is C19H14N2O2S. The summed E-state index contributed by atoms with van der Waals surface area (Å²) < 4.78 is 0. The Morgan fingerprint density at radius 1 is 1.04 bits per heavy atom. The number of nitrogens with one attached hydrogen (secondary N) is 1. The number of H-pyrrole nitrogens is 1. The van der Waals surface area contributed by atoms with E-state index in [1.807, 2.05) is 18.2 Å². The van der Waals surface area contributed by atoms with Crippen molar-refractivity contribution in [3.63, 3.8) is 0 Å². The maximum atomic E-state index is 12.2. The molecule has 0 fully saturated rings. The molecule has 0 amide bonds. The Kier molecular flexibility index (Phi) is 3.70. The molecule has 0 aliphatic heterocycles. The SMILES string of the molecule is O=C(CSc1nc2cc3ccccc3cc2[nH]1)c1ccc(O)cc1. The van der Waals surface area contributed by atoms with E-state index in [-0.39, 0.29) is 11.5 Å². The highest BCUT2D eigenvalue weighted by atomic mass is 32.2. The van der Waals surface area contributed by atoms with Gasteiger partial charge in [0.2, 0.25) is 0 Å². The van der Waals surface area contributed by atoms with Crippen LogP contribution in [0.5, 0.6) is 5.75 Å². The summed E-state index contributed by atoms with van der Waals surface area (Å²) in [5.41, 5.74) is 2.45. The molecule has 118 valence electrons. The van der Waals surface area contributed by atoms with Crippen LogP contribution in [0, 0.1) is 0 Å². The standard InChI is InChI=1S/C19H14N2O2S/c22-15-7-5-12(6-8-15)18(23)11-24-19-20-16-9-13-3-1-2-4-14(13)10-17(16)21-19/h1-10,22H,11H2,(H,20,21). The topological polar surface area (TPSA) is 66.0 Å². The van der Waals surface area contributed by atoms with Crippen LogP contribution in [0.25, 0.3) is 21.8 Å². The number of ketones is 1. The molecule has 0 bridgehead atoms. The van der Waals surface area contributed by atoms with E-state index in [0.29, 0.717) is 11.3 Å². The first-order valence-electron chi connectivity index (χ1n) is 7.52. The summed E-state index contributed by atoms with van der Waals surface area (Å²) in [4.78, 5) is 20.0. The van der Waals surface area contributed by atoms with Crippen LogP contribution >= 0.6 is 11.8 Å². The van der Waals surface area contributed by atoms with E-state index >= 15 is 0 Å². The normalized spacial score (nSPS) is 11.2. The molecule has 0 radical (unpaired) electrons. The summed E-state index contributed by atoms with van der Waals surface area (Å²) in [6.07, 6.45) is 0. The smallest absolute Gasteiger partial charge is 0.173 e. The van der Waals surface area contributed by atoms with E-state index in [1.165, 1.54) is 23.9 Å². The summed E-state index contributed by atoms with van der Waals surface area (Å²) in [6.45, 7) is 0. The van der Waals surface area contributed by atoms with Gasteiger partial charge in [0, 0.05) is 5.56 Å². The Balaban J connectivity index is 1.55. The summed E-state index contributed by atoms with van der Waals surface area (Å²) in [5.74, 6) is 0.457. The van der Waals surface area contributed by atoms with E-state index in [0.717, 1.165) is 27.0 Å². The number of Topliss-reactive ketones (excluding diaryl/α,β-unsaturated/α-hetero) is 1. The highest BCUT2D eigenvalue weighted by Crippen LogP contribution is 2.25. The van der Waals surface area contributed by atoms with Crippen molar-refractivity contribution >= 4 is 39.4 Å². The van der Waals surface area contributed by atoms with Crippen molar-refractivity contribution in [3.8, 4) is 5.75 Å². The lowest BCUT2D eigenvalue weighted by Gasteiger charge is -1.99. The number of phenols is 1. The lowest BCUT2D eigenvalue weighted by atomic mass is 10.1. The van der Waals surface area contributed by atoms with Crippen LogP contribution in [0.3, 0.4) is 0 Å². The Bertz CT molecular complexity index is 986. The number of carbonyl (C=O) groups is 1. The molecule has 1 heterocycles. The number of imidazole rings is 1. The van der Waals surface area contributed by atoms with Gasteiger partial charge in [-0.3, -0.25) is 4.79 Å². The fourth-order valence-electron chi connectivity index (χ4n) is 2.61. The minimum atomic E-state index is 0.00520. The first-order valence-corrected chi connectivity index (χ1v) is 8.51. The maximum absolute atomic E-state index is 12.2. The Hall–Kier alpha value is -2.79. The lowest BCUT2D eigenvalue weighted by Crippen LogP contribution is -2.02. The Morgan fingerprint density at radius 3 is 2.50 bits per heavy atom. The highest BCUT2D eigenvalue weighted by Gasteiger charge is 2.10. The number of rotatable bonds is 4. The molecule has 24 heavy (non-hydrogen) atoms. The van der Waals surface area contributed by atoms with Gasteiger partial charge in [-0.05, 0) is 47.2 Å². The minimum absolute atomic E-state index is 0.00520. The Labute approximate surface area is 142 Å². The van der Waals surface area contributed by atoms with Crippen LogP contribution in [0.4, 0.5) is 0 Å². The van der Waals surface area contributed by atoms with Gasteiger partial charge in [0.25, 0.3) is 0 Å². The number of aromatic hydroxyl groups is 1. The summed E-state index contributed by atoms with van der Waals surface area (Å²) >= 11 is 1.38. The number of phenolic OH excluding ortho intramolecular Hbond substituents is 1. The molecule has 5 heteroatoms. The molecule has 0 saturated carbocycles. The van der Waals surface area contributed by atoms with Gasteiger partial charge in [0.1, 0.15) is 5.75 Å². The number of carbonyl (C=O) groups excluding carboxylic acids is 1. The van der Waals surface area contributed by atoms with Crippen LogP contribution < -0.4 is 0 Å². The van der Waals surface area contributed by atoms with Gasteiger partial charge >= 0.3 is 0 Å². The largest absolute Gasteiger partial charge is 0.508 e. The molecular weight excluding hydrogens is 320 g/mol. The molecule has 2 N–H and O–H groups in total. The molecule has 0 unspecified atom stereocenters. The average Bonchev–Trinajstić information content (AvgIpc) is 3.00. The first-order chi connectivity index (χ1) is 11.7. The van der Waals surface area contributed by atoms with Gasteiger partial charge < -0.3 is 10.1 Å². The van der Waals surface area contributed by atoms with Crippen LogP contribution in [0.15, 0.2) is 65.8 Å². The predicted molar refractivity (Wildman–Crippen MR) is 96.8 cm³/mol. The molecule has 0 aliphatic carbocycles. The number of nitrogens with zero attached hydrogens (tertiary/aromatic N) is 1. The molecule has 1 aromatic heterocycles. The van der Waals surface area contributed by atoms with Crippen LogP contribution in [0.1, 0.15) is 10.4 Å². The second-order valence-corrected chi connectivity index (χ2v) is 6.48. The number of aromatic amines is 1. The number of fused-ring (bicyclic) bond motifs is 2. The summed E-state index contributed by atoms with van der Waals surface area (Å²) in [7, 11) is 0. The monoisotopic (exact) mass is 334 g/mol. The van der Waals surface area contributed by atoms with Crippen molar-refractivity contribution in [2.24, 2.45) is 0 Å². The minimum Gasteiger partial charge on any atom is -0.508 e. The zero-order valence-corrected chi connectivity index (χ0v) is 13.5. The van der Waals surface area contributed by atoms with Crippen LogP contribution in [-0.4, -0.2) is 26.6 Å². The van der Waals surface area contributed by atoms with E-state index in [4.69, 9.17) is 0 Å². The Morgan fingerprint density at radius 2 is 1.75 bits per heavy atom. The van der Waals surface area contributed by atoms with Crippen molar-refractivity contribution in [1.29, 1.82) is 0 Å². The molecule has 3 aromatic carbocycles. The lowest BCUT2D eigenvalue weighted by molar-refractivity contribution is 0.102. The van der Waals surface area contributed by atoms with Gasteiger partial charge in [-0.25, -0.2) is 4.98 Å². The van der Waals surface area contributed by atoms with Crippen molar-refractivity contribution in [1.82, 2.24) is 9.97 Å². The fraction of sp³-hybridized carbons (Fsp3) is 0.0526. The molecule has 4 aromatic rings. The van der Waals surface area contributed by atoms with Gasteiger partial charge in [-0.1, -0.05) is 36.0 Å². The fourth-order valence-corrected chi connectivity index (χ4v) is 3.39. The number of aromatic nitrogens is 2. The molecule has 0 spiro atoms. The zero-order chi connectivity index (χ0) is 16.5. The van der Waals surface area contributed by atoms with Gasteiger partial charge in [-0.15, -0.1) is 0 Å². The predicted octanol–water partition coefficient (Wildman–Crippen LogP) is 4.40. The van der Waals surface area contributed by atoms with Crippen molar-refractivity contribution in [2.45, 2.75) is 5.16 Å². The second kappa shape index (κ2) is 6.02. The van der Waals surface area contributed by atoms with Crippen molar-refractivity contribution in [2.75, 3.05) is 5.75 Å². The molecule has 4 rings (SSSR count). The highest BCUT2D eigenvalue weighted by molar-refractivity contribution is 7.99. The molecule has 0 aliphatic rings. The molecule has 4 nitrogen and oxygen atoms in total. The second-order valence-electron chi connectivity index (χ2n) is 5.52. The average molecular weight is 334 g/mol. The quantitative estimate of drug-likeness (QED) is 0.429. The van der Waals surface area contributed by atoms with Crippen LogP contribution in [0.2, 0.25) is 0 Å². The van der Waals surface area contributed by atoms with Crippen molar-refractivity contribution in [3.05, 3.63) is 66.2 Å². The third-order valence-corrected chi connectivity index (χ3v) is 4.73. The van der Waals surface area contributed by atoms with Crippen molar-refractivity contribution < 1.29 is 9.90 Å². The van der Waals surface area contributed by atoms with E-state index in [9.17, 15) is 9.90 Å². The zero-order valence-electron chi connectivity index (χ0n) is 12.7. The van der Waals surface area contributed by atoms with Gasteiger partial charge in [-0.2, -0.15) is 0 Å². The van der Waals surface area contributed by atoms with E-state index in [2.05, 4.69) is 28.2 Å². The third-order valence-electron chi connectivity index (χ3n) is 3.86. The maximum Gasteiger partial charge on any atom is 0.173 e. The summed E-state index contributed by atoms with van der Waals surface area (Å²) in [6, 6.07) is 18.6. The molecule has 0 saturated heterocycles. The summed E-state index contributed by atoms with van der Waals surface area (Å²) in [5, 5.41) is 12.3. The van der Waals surface area contributed by atoms with Gasteiger partial charge in [0.05, 0.1) is 16.8 Å². The van der Waals surface area contributed by atoms with Gasteiger partial charge in [0.15, 0.2) is 10.9 Å². The van der Waals surface area contributed by atoms with E-state index < -0.39 is 0 Å². The number of benzene rings is 3.